The molecule has 6 heteroatoms. The van der Waals surface area contributed by atoms with Gasteiger partial charge in [-0.25, -0.2) is 0 Å². The Kier molecular flexibility index (Phi) is 4.61. The van der Waals surface area contributed by atoms with Gasteiger partial charge < -0.3 is 10.4 Å². The number of nitro groups is 1. The van der Waals surface area contributed by atoms with E-state index in [1.807, 2.05) is 6.92 Å². The summed E-state index contributed by atoms with van der Waals surface area (Å²) in [6, 6.07) is 4.22. The SMILES string of the molecule is CCC(C)(CO)NC(=O)c1cc(C)cc([N+](=O)[O-])c1. The van der Waals surface area contributed by atoms with Gasteiger partial charge in [-0.15, -0.1) is 0 Å². The monoisotopic (exact) mass is 266 g/mol. The third-order valence-electron chi connectivity index (χ3n) is 3.08. The van der Waals surface area contributed by atoms with Gasteiger partial charge in [-0.3, -0.25) is 14.9 Å². The number of hydrogen-bond donors (Lipinski definition) is 2. The molecular weight excluding hydrogens is 248 g/mol. The number of hydrogen-bond acceptors (Lipinski definition) is 4. The summed E-state index contributed by atoms with van der Waals surface area (Å²) in [4.78, 5) is 22.3. The molecule has 19 heavy (non-hydrogen) atoms. The van der Waals surface area contributed by atoms with Crippen LogP contribution in [0.25, 0.3) is 0 Å². The molecule has 0 fully saturated rings. The quantitative estimate of drug-likeness (QED) is 0.627. The summed E-state index contributed by atoms with van der Waals surface area (Å²) in [6.07, 6.45) is 0.559. The van der Waals surface area contributed by atoms with Gasteiger partial charge in [0.2, 0.25) is 0 Å². The van der Waals surface area contributed by atoms with Crippen molar-refractivity contribution in [2.45, 2.75) is 32.7 Å². The van der Waals surface area contributed by atoms with Crippen LogP contribution < -0.4 is 5.32 Å². The van der Waals surface area contributed by atoms with E-state index in [0.717, 1.165) is 0 Å². The molecule has 1 atom stereocenters. The van der Waals surface area contributed by atoms with Crippen LogP contribution in [0.1, 0.15) is 36.2 Å². The number of amides is 1. The number of nitro benzene ring substituents is 1. The van der Waals surface area contributed by atoms with E-state index in [1.54, 1.807) is 19.9 Å². The highest BCUT2D eigenvalue weighted by Crippen LogP contribution is 2.18. The van der Waals surface area contributed by atoms with Gasteiger partial charge >= 0.3 is 0 Å². The normalized spacial score (nSPS) is 13.7. The summed E-state index contributed by atoms with van der Waals surface area (Å²) in [7, 11) is 0. The fourth-order valence-corrected chi connectivity index (χ4v) is 1.59. The highest BCUT2D eigenvalue weighted by atomic mass is 16.6. The molecule has 0 aromatic heterocycles. The average molecular weight is 266 g/mol. The molecule has 1 rings (SSSR count). The van der Waals surface area contributed by atoms with E-state index in [2.05, 4.69) is 5.32 Å². The maximum atomic E-state index is 12.1. The standard InChI is InChI=1S/C13H18N2O4/c1-4-13(3,8-16)14-12(17)10-5-9(2)6-11(7-10)15(18)19/h5-7,16H,4,8H2,1-3H3,(H,14,17). The Morgan fingerprint density at radius 3 is 2.58 bits per heavy atom. The van der Waals surface area contributed by atoms with Crippen LogP contribution in [0.2, 0.25) is 0 Å². The van der Waals surface area contributed by atoms with E-state index in [9.17, 15) is 20.0 Å². The van der Waals surface area contributed by atoms with Crippen LogP contribution in [0.4, 0.5) is 5.69 Å². The molecule has 0 saturated carbocycles. The Morgan fingerprint density at radius 1 is 1.47 bits per heavy atom. The van der Waals surface area contributed by atoms with Gasteiger partial charge in [0.25, 0.3) is 11.6 Å². The molecule has 1 aromatic rings. The van der Waals surface area contributed by atoms with Crippen molar-refractivity contribution >= 4 is 11.6 Å². The van der Waals surface area contributed by atoms with Gasteiger partial charge in [0.1, 0.15) is 0 Å². The average Bonchev–Trinajstić information content (AvgIpc) is 2.37. The fourth-order valence-electron chi connectivity index (χ4n) is 1.59. The van der Waals surface area contributed by atoms with Crippen molar-refractivity contribution in [1.82, 2.24) is 5.32 Å². The Bertz CT molecular complexity index is 495. The second kappa shape index (κ2) is 5.79. The first kappa shape index (κ1) is 15.1. The minimum Gasteiger partial charge on any atom is -0.394 e. The molecule has 0 heterocycles. The van der Waals surface area contributed by atoms with Crippen molar-refractivity contribution < 1.29 is 14.8 Å². The summed E-state index contributed by atoms with van der Waals surface area (Å²) in [5.74, 6) is -0.426. The first-order valence-corrected chi connectivity index (χ1v) is 6.01. The lowest BCUT2D eigenvalue weighted by atomic mass is 9.99. The number of carbonyl (C=O) groups is 1. The highest BCUT2D eigenvalue weighted by Gasteiger charge is 2.24. The molecule has 2 N–H and O–H groups in total. The molecule has 0 aliphatic rings. The Morgan fingerprint density at radius 2 is 2.11 bits per heavy atom. The van der Waals surface area contributed by atoms with Gasteiger partial charge in [-0.1, -0.05) is 6.92 Å². The predicted octanol–water partition coefficient (Wildman–Crippen LogP) is 1.79. The number of nitrogens with one attached hydrogen (secondary N) is 1. The molecule has 1 unspecified atom stereocenters. The number of aliphatic hydroxyl groups is 1. The zero-order valence-corrected chi connectivity index (χ0v) is 11.3. The molecular formula is C13H18N2O4. The van der Waals surface area contributed by atoms with Crippen molar-refractivity contribution in [3.8, 4) is 0 Å². The molecule has 6 nitrogen and oxygen atoms in total. The largest absolute Gasteiger partial charge is 0.394 e. The molecule has 0 aliphatic carbocycles. The first-order valence-electron chi connectivity index (χ1n) is 6.01. The minimum atomic E-state index is -0.727. The molecule has 0 aliphatic heterocycles. The van der Waals surface area contributed by atoms with Crippen LogP contribution in [0.5, 0.6) is 0 Å². The third-order valence-corrected chi connectivity index (χ3v) is 3.08. The topological polar surface area (TPSA) is 92.5 Å². The van der Waals surface area contributed by atoms with E-state index < -0.39 is 16.4 Å². The van der Waals surface area contributed by atoms with Crippen molar-refractivity contribution in [3.63, 3.8) is 0 Å². The van der Waals surface area contributed by atoms with Gasteiger partial charge in [0.15, 0.2) is 0 Å². The number of rotatable bonds is 5. The summed E-state index contributed by atoms with van der Waals surface area (Å²) in [5, 5.41) is 22.7. The molecule has 0 radical (unpaired) electrons. The van der Waals surface area contributed by atoms with Crippen LogP contribution in [0, 0.1) is 17.0 Å². The number of carbonyl (C=O) groups excluding carboxylic acids is 1. The van der Waals surface area contributed by atoms with E-state index in [1.165, 1.54) is 12.1 Å². The third kappa shape index (κ3) is 3.75. The second-order valence-corrected chi connectivity index (χ2v) is 4.84. The van der Waals surface area contributed by atoms with E-state index >= 15 is 0 Å². The molecule has 0 spiro atoms. The zero-order chi connectivity index (χ0) is 14.6. The van der Waals surface area contributed by atoms with Crippen LogP contribution in [0.15, 0.2) is 18.2 Å². The smallest absolute Gasteiger partial charge is 0.270 e. The zero-order valence-electron chi connectivity index (χ0n) is 11.3. The van der Waals surface area contributed by atoms with Crippen molar-refractivity contribution in [1.29, 1.82) is 0 Å². The minimum absolute atomic E-state index is 0.118. The summed E-state index contributed by atoms with van der Waals surface area (Å²) >= 11 is 0. The Balaban J connectivity index is 3.03. The van der Waals surface area contributed by atoms with Crippen molar-refractivity contribution in [2.24, 2.45) is 0 Å². The molecule has 0 saturated heterocycles. The molecule has 0 bridgehead atoms. The van der Waals surface area contributed by atoms with E-state index in [0.29, 0.717) is 12.0 Å². The van der Waals surface area contributed by atoms with Gasteiger partial charge in [0.05, 0.1) is 17.1 Å². The fraction of sp³-hybridized carbons (Fsp3) is 0.462. The summed E-state index contributed by atoms with van der Waals surface area (Å²) in [6.45, 7) is 5.06. The maximum Gasteiger partial charge on any atom is 0.270 e. The lowest BCUT2D eigenvalue weighted by Crippen LogP contribution is -2.48. The van der Waals surface area contributed by atoms with Crippen LogP contribution in [-0.2, 0) is 0 Å². The van der Waals surface area contributed by atoms with Gasteiger partial charge in [-0.2, -0.15) is 0 Å². The number of nitrogens with zero attached hydrogens (tertiary/aromatic N) is 1. The second-order valence-electron chi connectivity index (χ2n) is 4.84. The highest BCUT2D eigenvalue weighted by molar-refractivity contribution is 5.95. The van der Waals surface area contributed by atoms with Crippen LogP contribution >= 0.6 is 0 Å². The number of aryl methyl sites for hydroxylation is 1. The van der Waals surface area contributed by atoms with E-state index in [-0.39, 0.29) is 17.9 Å². The molecule has 1 amide bonds. The number of non-ortho nitro benzene ring substituents is 1. The summed E-state index contributed by atoms with van der Waals surface area (Å²) < 4.78 is 0. The van der Waals surface area contributed by atoms with Crippen molar-refractivity contribution in [2.75, 3.05) is 6.61 Å². The number of benzene rings is 1. The summed E-state index contributed by atoms with van der Waals surface area (Å²) in [5.41, 5.74) is 0.0176. The van der Waals surface area contributed by atoms with Crippen LogP contribution in [-0.4, -0.2) is 28.1 Å². The van der Waals surface area contributed by atoms with E-state index in [4.69, 9.17) is 0 Å². The molecule has 1 aromatic carbocycles. The number of aliphatic hydroxyl groups excluding tert-OH is 1. The van der Waals surface area contributed by atoms with Gasteiger partial charge in [-0.05, 0) is 31.9 Å². The lowest BCUT2D eigenvalue weighted by Gasteiger charge is -2.27. The predicted molar refractivity (Wildman–Crippen MR) is 71.1 cm³/mol. The first-order chi connectivity index (χ1) is 8.81. The van der Waals surface area contributed by atoms with Gasteiger partial charge in [0, 0.05) is 17.7 Å². The lowest BCUT2D eigenvalue weighted by molar-refractivity contribution is -0.384. The van der Waals surface area contributed by atoms with Crippen LogP contribution in [0.3, 0.4) is 0 Å². The molecule has 104 valence electrons. The Hall–Kier alpha value is -1.95. The van der Waals surface area contributed by atoms with Crippen molar-refractivity contribution in [3.05, 3.63) is 39.4 Å². The maximum absolute atomic E-state index is 12.1. The Labute approximate surface area is 111 Å².